The Kier molecular flexibility index (Phi) is 12.0. The Morgan fingerprint density at radius 1 is 0.984 bits per heavy atom. The molecule has 1 saturated carbocycles. The van der Waals surface area contributed by atoms with Crippen LogP contribution < -0.4 is 30.7 Å². The number of urea groups is 1. The Morgan fingerprint density at radius 3 is 2.51 bits per heavy atom. The highest BCUT2D eigenvalue weighted by Gasteiger charge is 2.81. The lowest BCUT2D eigenvalue weighted by molar-refractivity contribution is -0.171. The summed E-state index contributed by atoms with van der Waals surface area (Å²) in [4.78, 5) is 67.0. The topological polar surface area (TPSA) is 181 Å². The van der Waals surface area contributed by atoms with Gasteiger partial charge in [-0.05, 0) is 105 Å². The molecule has 5 heterocycles. The molecule has 1 aromatic rings. The zero-order chi connectivity index (χ0) is 45.1. The van der Waals surface area contributed by atoms with Crippen LogP contribution in [0.25, 0.3) is 6.08 Å². The molecular weight excluding hydrogens is 821 g/mol. The number of phenolic OH excluding ortho intramolecular Hbond substituents is 1. The van der Waals surface area contributed by atoms with E-state index in [0.29, 0.717) is 53.4 Å². The molecule has 5 N–H and O–H groups in total. The number of benzene rings is 1. The summed E-state index contributed by atoms with van der Waals surface area (Å²) in [5.41, 5.74) is -1.10. The van der Waals surface area contributed by atoms with Gasteiger partial charge in [0.2, 0.25) is 11.8 Å². The zero-order valence-electron chi connectivity index (χ0n) is 37.5. The molecule has 1 aromatic carbocycles. The second kappa shape index (κ2) is 17.0. The predicted molar refractivity (Wildman–Crippen MR) is 242 cm³/mol. The van der Waals surface area contributed by atoms with Crippen LogP contribution in [0.5, 0.6) is 17.2 Å². The number of hydrogen-bond donors (Lipinski definition) is 5. The van der Waals surface area contributed by atoms with Gasteiger partial charge in [-0.2, -0.15) is 11.8 Å². The number of fused-ring (bicyclic) bond motifs is 3. The van der Waals surface area contributed by atoms with Gasteiger partial charge in [0, 0.05) is 59.9 Å². The number of hydrogen-bond acceptors (Lipinski definition) is 10. The van der Waals surface area contributed by atoms with E-state index in [1.807, 2.05) is 64.6 Å². The van der Waals surface area contributed by atoms with Crippen LogP contribution in [0.2, 0.25) is 0 Å². The van der Waals surface area contributed by atoms with Crippen LogP contribution in [0.15, 0.2) is 53.2 Å². The summed E-state index contributed by atoms with van der Waals surface area (Å²) in [6.45, 7) is 14.4. The van der Waals surface area contributed by atoms with Crippen molar-refractivity contribution in [2.24, 2.45) is 11.8 Å². The first-order valence-corrected chi connectivity index (χ1v) is 23.6. The van der Waals surface area contributed by atoms with Gasteiger partial charge in [-0.3, -0.25) is 19.2 Å². The largest absolute Gasteiger partial charge is 0.506 e. The number of Topliss-reactive ketones (excluding diaryl/α,β-unsaturated/α-hetero) is 2. The fraction of sp³-hybridized carbons (Fsp3) is 0.571. The predicted octanol–water partition coefficient (Wildman–Crippen LogP) is 6.72. The van der Waals surface area contributed by atoms with Gasteiger partial charge in [0.1, 0.15) is 28.4 Å². The third kappa shape index (κ3) is 7.93. The third-order valence-corrected chi connectivity index (χ3v) is 15.5. The molecule has 4 fully saturated rings. The molecule has 2 unspecified atom stereocenters. The quantitative estimate of drug-likeness (QED) is 0.0518. The van der Waals surface area contributed by atoms with Crippen molar-refractivity contribution in [3.8, 4) is 17.2 Å². The van der Waals surface area contributed by atoms with Gasteiger partial charge < -0.3 is 40.6 Å². The van der Waals surface area contributed by atoms with Crippen LogP contribution in [0.3, 0.4) is 0 Å². The number of unbranched alkanes of at least 4 members (excludes halogenated alkanes) is 1. The maximum Gasteiger partial charge on any atom is 0.315 e. The highest BCUT2D eigenvalue weighted by atomic mass is 32.2. The Balaban J connectivity index is 0.975. The number of thioether (sulfide) groups is 1. The Bertz CT molecular complexity index is 2270. The minimum atomic E-state index is -1.63. The summed E-state index contributed by atoms with van der Waals surface area (Å²) in [6.07, 6.45) is 17.8. The Hall–Kier alpha value is -4.82. The lowest BCUT2D eigenvalue weighted by Crippen LogP contribution is -2.72. The minimum absolute atomic E-state index is 0.0298. The van der Waals surface area contributed by atoms with E-state index in [1.165, 1.54) is 11.6 Å². The molecular formula is C49H62N4O9S. The standard InChI is InChI=1S/C49H62N4O9S/c1-27(2)12-10-19-47(7)21-18-30-40(56)38-41(57)32-24-29-25-35-46(5,6)62-48(44(29)58,49(32,35)61-43(38)31(42(30)60-47)17-16-28(3)4)20-11-15-37(55)51-23-22-50-36(54)14-9-8-13-34-39-33(26-63-34)52-45(59)53-39/h11-12,15-16,18,21,24,29,33-35,39,56H,8-10,13-14,17,19-20,22-23,25-26H2,1-7H3,(H,50,54)(H,51,55)(H2,52,53,59)/b15-11+/t29-,33+,34?,35?,39+,47-,48+,49-/m1/s1. The van der Waals surface area contributed by atoms with E-state index in [9.17, 15) is 24.3 Å². The first-order valence-electron chi connectivity index (χ1n) is 22.6. The molecule has 63 heavy (non-hydrogen) atoms. The van der Waals surface area contributed by atoms with Crippen molar-refractivity contribution < 1.29 is 43.3 Å². The van der Waals surface area contributed by atoms with Gasteiger partial charge in [0.15, 0.2) is 22.8 Å². The average molecular weight is 883 g/mol. The molecule has 0 aromatic heterocycles. The molecule has 338 valence electrons. The van der Waals surface area contributed by atoms with Crippen molar-refractivity contribution in [3.05, 3.63) is 69.9 Å². The summed E-state index contributed by atoms with van der Waals surface area (Å²) < 4.78 is 21.0. The number of phenols is 1. The van der Waals surface area contributed by atoms with E-state index in [2.05, 4.69) is 41.2 Å². The van der Waals surface area contributed by atoms with Gasteiger partial charge in [-0.1, -0.05) is 41.9 Å². The van der Waals surface area contributed by atoms with Gasteiger partial charge in [0.05, 0.1) is 23.2 Å². The van der Waals surface area contributed by atoms with Crippen molar-refractivity contribution in [2.75, 3.05) is 18.8 Å². The molecule has 3 aliphatic carbocycles. The fourth-order valence-corrected chi connectivity index (χ4v) is 12.5. The van der Waals surface area contributed by atoms with E-state index in [4.69, 9.17) is 14.2 Å². The smallest absolute Gasteiger partial charge is 0.315 e. The summed E-state index contributed by atoms with van der Waals surface area (Å²) in [7, 11) is 0. The van der Waals surface area contributed by atoms with E-state index < -0.39 is 45.9 Å². The molecule has 9 rings (SSSR count). The van der Waals surface area contributed by atoms with Crippen LogP contribution in [0, 0.1) is 11.8 Å². The van der Waals surface area contributed by atoms with Crippen molar-refractivity contribution in [1.82, 2.24) is 21.3 Å². The second-order valence-electron chi connectivity index (χ2n) is 19.5. The molecule has 0 radical (unpaired) electrons. The number of carbonyl (C=O) groups excluding carboxylic acids is 5. The molecule has 13 nitrogen and oxygen atoms in total. The molecule has 5 aliphatic heterocycles. The maximum atomic E-state index is 15.0. The maximum absolute atomic E-state index is 15.0. The number of amides is 4. The van der Waals surface area contributed by atoms with Crippen molar-refractivity contribution in [2.45, 2.75) is 146 Å². The van der Waals surface area contributed by atoms with Gasteiger partial charge in [0.25, 0.3) is 0 Å². The first-order chi connectivity index (χ1) is 29.9. The monoisotopic (exact) mass is 882 g/mol. The molecule has 8 atom stereocenters. The van der Waals surface area contributed by atoms with E-state index in [0.717, 1.165) is 37.0 Å². The molecule has 1 spiro atoms. The summed E-state index contributed by atoms with van der Waals surface area (Å²) in [5.74, 6) is -0.776. The minimum Gasteiger partial charge on any atom is -0.506 e. The highest BCUT2D eigenvalue weighted by Crippen LogP contribution is 2.68. The number of nitrogens with one attached hydrogen (secondary N) is 4. The van der Waals surface area contributed by atoms with Gasteiger partial charge in [-0.15, -0.1) is 0 Å². The molecule has 3 saturated heterocycles. The van der Waals surface area contributed by atoms with Crippen LogP contribution >= 0.6 is 11.8 Å². The van der Waals surface area contributed by atoms with Crippen LogP contribution in [0.4, 0.5) is 4.79 Å². The normalized spacial score (nSPS) is 31.1. The summed E-state index contributed by atoms with van der Waals surface area (Å²) >= 11 is 1.86. The first kappa shape index (κ1) is 44.8. The molecule has 4 amide bonds. The van der Waals surface area contributed by atoms with Crippen LogP contribution in [0.1, 0.15) is 121 Å². The number of allylic oxidation sites excluding steroid dienone is 5. The molecule has 14 heteroatoms. The molecule has 8 aliphatic rings. The Morgan fingerprint density at radius 2 is 1.75 bits per heavy atom. The zero-order valence-corrected chi connectivity index (χ0v) is 38.4. The second-order valence-corrected chi connectivity index (χ2v) is 20.8. The van der Waals surface area contributed by atoms with E-state index in [1.54, 1.807) is 12.2 Å². The lowest BCUT2D eigenvalue weighted by Gasteiger charge is -2.56. The third-order valence-electron chi connectivity index (χ3n) is 14.0. The number of rotatable bonds is 16. The fourth-order valence-electron chi connectivity index (χ4n) is 10.9. The number of ether oxygens (including phenoxy) is 3. The van der Waals surface area contributed by atoms with Crippen molar-refractivity contribution in [1.29, 1.82) is 0 Å². The number of ketones is 2. The van der Waals surface area contributed by atoms with E-state index in [-0.39, 0.29) is 66.4 Å². The Labute approximate surface area is 374 Å². The SMILES string of the molecule is CC(C)=CCC[C@]1(C)C=Cc2c(O)c3c(c(CC=C(C)C)c2O1)O[C@]12C(=C[C@@H]4CC1C(C)(C)O[C@@]2(C/C=C/C(=O)NCCNC(=O)CCCCC1SC[C@@H]2NC(=O)N[C@H]12)C4=O)C3=O. The summed E-state index contributed by atoms with van der Waals surface area (Å²) in [6, 6.07) is 0.232. The highest BCUT2D eigenvalue weighted by molar-refractivity contribution is 8.00. The lowest BCUT2D eigenvalue weighted by atomic mass is 9.51. The van der Waals surface area contributed by atoms with Crippen molar-refractivity contribution >= 4 is 47.2 Å². The number of carbonyl (C=O) groups is 5. The summed E-state index contributed by atoms with van der Waals surface area (Å²) in [5, 5.41) is 23.9. The van der Waals surface area contributed by atoms with E-state index >= 15 is 4.79 Å². The molecule has 4 bridgehead atoms. The number of aromatic hydroxyl groups is 1. The van der Waals surface area contributed by atoms with Crippen molar-refractivity contribution in [3.63, 3.8) is 0 Å². The van der Waals surface area contributed by atoms with Crippen LogP contribution in [-0.2, 0) is 25.5 Å². The van der Waals surface area contributed by atoms with Gasteiger partial charge >= 0.3 is 6.03 Å². The average Bonchev–Trinajstić information content (AvgIpc) is 3.82. The van der Waals surface area contributed by atoms with Gasteiger partial charge in [-0.25, -0.2) is 4.79 Å². The van der Waals surface area contributed by atoms with Crippen LogP contribution in [-0.4, -0.2) is 93.1 Å².